The number of ether oxygens (including phenoxy) is 1. The summed E-state index contributed by atoms with van der Waals surface area (Å²) in [5.41, 5.74) is 0. The minimum absolute atomic E-state index is 0.0507. The summed E-state index contributed by atoms with van der Waals surface area (Å²) in [4.78, 5) is 22.3. The summed E-state index contributed by atoms with van der Waals surface area (Å²) in [6.45, 7) is 0.384. The van der Waals surface area contributed by atoms with Gasteiger partial charge in [0.25, 0.3) is 0 Å². The summed E-state index contributed by atoms with van der Waals surface area (Å²) in [5.74, 6) is 0.605. The number of amides is 1. The number of hydrogen-bond donors (Lipinski definition) is 1. The van der Waals surface area contributed by atoms with Crippen LogP contribution in [0.15, 0.2) is 0 Å². The maximum Gasteiger partial charge on any atom is 0.307 e. The first-order valence-corrected chi connectivity index (χ1v) is 7.06. The van der Waals surface area contributed by atoms with Crippen molar-refractivity contribution in [1.29, 1.82) is 0 Å². The zero-order valence-electron chi connectivity index (χ0n) is 11.4. The summed E-state index contributed by atoms with van der Waals surface area (Å²) in [7, 11) is 1.36. The van der Waals surface area contributed by atoms with E-state index in [1.54, 1.807) is 0 Å². The van der Waals surface area contributed by atoms with Gasteiger partial charge in [-0.15, -0.1) is 0 Å². The van der Waals surface area contributed by atoms with Crippen LogP contribution < -0.4 is 5.32 Å². The van der Waals surface area contributed by atoms with E-state index < -0.39 is 0 Å². The second-order valence-corrected chi connectivity index (χ2v) is 5.07. The Bertz CT molecular complexity index is 260. The largest absolute Gasteiger partial charge is 0.469 e. The predicted octanol–water partition coefficient (Wildman–Crippen LogP) is 2.42. The maximum atomic E-state index is 11.5. The van der Waals surface area contributed by atoms with Gasteiger partial charge in [0.1, 0.15) is 0 Å². The van der Waals surface area contributed by atoms with Crippen LogP contribution in [0.4, 0.5) is 0 Å². The number of methoxy groups -OCH3 is 1. The fourth-order valence-corrected chi connectivity index (χ4v) is 2.52. The van der Waals surface area contributed by atoms with Crippen LogP contribution in [0, 0.1) is 5.92 Å². The fourth-order valence-electron chi connectivity index (χ4n) is 2.52. The first-order chi connectivity index (χ1) is 8.72. The molecule has 1 saturated carbocycles. The molecular weight excluding hydrogens is 230 g/mol. The van der Waals surface area contributed by atoms with Gasteiger partial charge in [0, 0.05) is 13.0 Å². The highest BCUT2D eigenvalue weighted by Crippen LogP contribution is 2.27. The molecule has 0 unspecified atom stereocenters. The molecule has 18 heavy (non-hydrogen) atoms. The Morgan fingerprint density at radius 2 is 1.89 bits per heavy atom. The van der Waals surface area contributed by atoms with Crippen LogP contribution >= 0.6 is 0 Å². The van der Waals surface area contributed by atoms with Crippen molar-refractivity contribution >= 4 is 11.9 Å². The van der Waals surface area contributed by atoms with Crippen LogP contribution in [-0.4, -0.2) is 25.5 Å². The topological polar surface area (TPSA) is 55.4 Å². The summed E-state index contributed by atoms with van der Waals surface area (Å²) < 4.78 is 4.50. The molecule has 0 aromatic carbocycles. The van der Waals surface area contributed by atoms with Gasteiger partial charge < -0.3 is 10.1 Å². The minimum atomic E-state index is -0.280. The Hall–Kier alpha value is -1.06. The van der Waals surface area contributed by atoms with E-state index >= 15 is 0 Å². The number of esters is 1. The van der Waals surface area contributed by atoms with Crippen molar-refractivity contribution in [3.05, 3.63) is 0 Å². The molecule has 0 radical (unpaired) electrons. The maximum absolute atomic E-state index is 11.5. The van der Waals surface area contributed by atoms with Crippen LogP contribution in [0.25, 0.3) is 0 Å². The standard InChI is InChI=1S/C14H25NO3/c1-18-14(17)10-11-15-13(16)9-5-8-12-6-3-2-4-7-12/h12H,2-11H2,1H3,(H,15,16). The van der Waals surface area contributed by atoms with E-state index in [1.807, 2.05) is 0 Å². The molecule has 1 rings (SSSR count). The van der Waals surface area contributed by atoms with Crippen LogP contribution in [0.3, 0.4) is 0 Å². The minimum Gasteiger partial charge on any atom is -0.469 e. The van der Waals surface area contributed by atoms with Gasteiger partial charge in [0.05, 0.1) is 13.5 Å². The third kappa shape index (κ3) is 6.62. The molecule has 1 fully saturated rings. The number of nitrogens with one attached hydrogen (secondary N) is 1. The molecule has 1 amide bonds. The van der Waals surface area contributed by atoms with Crippen LogP contribution in [-0.2, 0) is 14.3 Å². The Balaban J connectivity index is 1.97. The first-order valence-electron chi connectivity index (χ1n) is 7.06. The molecular formula is C14H25NO3. The second kappa shape index (κ2) is 8.95. The number of rotatable bonds is 7. The highest BCUT2D eigenvalue weighted by molar-refractivity contribution is 5.76. The normalized spacial score (nSPS) is 16.3. The van der Waals surface area contributed by atoms with Gasteiger partial charge in [0.2, 0.25) is 5.91 Å². The van der Waals surface area contributed by atoms with E-state index in [0.29, 0.717) is 13.0 Å². The zero-order valence-corrected chi connectivity index (χ0v) is 11.4. The van der Waals surface area contributed by atoms with Crippen LogP contribution in [0.2, 0.25) is 0 Å². The van der Waals surface area contributed by atoms with E-state index in [-0.39, 0.29) is 18.3 Å². The summed E-state index contributed by atoms with van der Waals surface area (Å²) in [6, 6.07) is 0. The first kappa shape index (κ1) is 15.0. The van der Waals surface area contributed by atoms with E-state index in [2.05, 4.69) is 10.1 Å². The zero-order chi connectivity index (χ0) is 13.2. The molecule has 0 saturated heterocycles. The van der Waals surface area contributed by atoms with Gasteiger partial charge >= 0.3 is 5.97 Å². The fraction of sp³-hybridized carbons (Fsp3) is 0.857. The van der Waals surface area contributed by atoms with Gasteiger partial charge in [-0.1, -0.05) is 32.1 Å². The number of carbonyl (C=O) groups excluding carboxylic acids is 2. The Kier molecular flexibility index (Phi) is 7.46. The SMILES string of the molecule is COC(=O)CCNC(=O)CCCC1CCCCC1. The van der Waals surface area contributed by atoms with Crippen molar-refractivity contribution in [1.82, 2.24) is 5.32 Å². The molecule has 104 valence electrons. The Morgan fingerprint density at radius 3 is 2.56 bits per heavy atom. The smallest absolute Gasteiger partial charge is 0.307 e. The van der Waals surface area contributed by atoms with Gasteiger partial charge in [0.15, 0.2) is 0 Å². The molecule has 0 bridgehead atoms. The monoisotopic (exact) mass is 255 g/mol. The van der Waals surface area contributed by atoms with E-state index in [1.165, 1.54) is 45.6 Å². The number of carbonyl (C=O) groups is 2. The van der Waals surface area contributed by atoms with Gasteiger partial charge in [-0.3, -0.25) is 9.59 Å². The molecule has 1 aliphatic carbocycles. The lowest BCUT2D eigenvalue weighted by atomic mass is 9.86. The van der Waals surface area contributed by atoms with Crippen molar-refractivity contribution in [3.8, 4) is 0 Å². The molecule has 0 atom stereocenters. The average Bonchev–Trinajstić information content (AvgIpc) is 2.39. The molecule has 4 nitrogen and oxygen atoms in total. The lowest BCUT2D eigenvalue weighted by molar-refractivity contribution is -0.140. The Labute approximate surface area is 109 Å². The third-order valence-corrected chi connectivity index (χ3v) is 3.62. The molecule has 4 heteroatoms. The van der Waals surface area contributed by atoms with Crippen LogP contribution in [0.5, 0.6) is 0 Å². The predicted molar refractivity (Wildman–Crippen MR) is 70.1 cm³/mol. The van der Waals surface area contributed by atoms with Crippen LogP contribution in [0.1, 0.15) is 57.8 Å². The Morgan fingerprint density at radius 1 is 1.17 bits per heavy atom. The second-order valence-electron chi connectivity index (χ2n) is 5.07. The molecule has 1 N–H and O–H groups in total. The van der Waals surface area contributed by atoms with Gasteiger partial charge in [-0.2, -0.15) is 0 Å². The average molecular weight is 255 g/mol. The van der Waals surface area contributed by atoms with Crippen molar-refractivity contribution in [2.75, 3.05) is 13.7 Å². The van der Waals surface area contributed by atoms with Crippen molar-refractivity contribution in [2.24, 2.45) is 5.92 Å². The summed E-state index contributed by atoms with van der Waals surface area (Å²) in [6.07, 6.45) is 9.74. The van der Waals surface area contributed by atoms with Crippen molar-refractivity contribution in [3.63, 3.8) is 0 Å². The lowest BCUT2D eigenvalue weighted by Gasteiger charge is -2.21. The van der Waals surface area contributed by atoms with E-state index in [4.69, 9.17) is 0 Å². The summed E-state index contributed by atoms with van der Waals surface area (Å²) in [5, 5.41) is 2.75. The van der Waals surface area contributed by atoms with Gasteiger partial charge in [-0.05, 0) is 18.8 Å². The summed E-state index contributed by atoms with van der Waals surface area (Å²) >= 11 is 0. The van der Waals surface area contributed by atoms with Crippen molar-refractivity contribution < 1.29 is 14.3 Å². The quantitative estimate of drug-likeness (QED) is 0.711. The highest BCUT2D eigenvalue weighted by atomic mass is 16.5. The lowest BCUT2D eigenvalue weighted by Crippen LogP contribution is -2.26. The molecule has 0 aliphatic heterocycles. The third-order valence-electron chi connectivity index (χ3n) is 3.62. The molecule has 0 aromatic heterocycles. The van der Waals surface area contributed by atoms with E-state index in [9.17, 15) is 9.59 Å². The molecule has 0 spiro atoms. The molecule has 1 aliphatic rings. The van der Waals surface area contributed by atoms with Crippen molar-refractivity contribution in [2.45, 2.75) is 57.8 Å². The molecule has 0 aromatic rings. The van der Waals surface area contributed by atoms with Gasteiger partial charge in [-0.25, -0.2) is 0 Å². The molecule has 0 heterocycles. The highest BCUT2D eigenvalue weighted by Gasteiger charge is 2.13. The number of hydrogen-bond acceptors (Lipinski definition) is 3. The van der Waals surface area contributed by atoms with E-state index in [0.717, 1.165) is 12.3 Å².